The minimum atomic E-state index is -2.92. The summed E-state index contributed by atoms with van der Waals surface area (Å²) in [6, 6.07) is 7.48. The summed E-state index contributed by atoms with van der Waals surface area (Å²) in [5.74, 6) is -1.01. The van der Waals surface area contributed by atoms with Crippen molar-refractivity contribution in [2.24, 2.45) is 0 Å². The fraction of sp³-hybridized carbons (Fsp3) is 0.200. The first-order chi connectivity index (χ1) is 8.00. The highest BCUT2D eigenvalue weighted by Gasteiger charge is 2.22. The van der Waals surface area contributed by atoms with Gasteiger partial charge in [-0.3, -0.25) is 0 Å². The van der Waals surface area contributed by atoms with Crippen molar-refractivity contribution in [3.63, 3.8) is 0 Å². The van der Waals surface area contributed by atoms with Crippen molar-refractivity contribution in [3.05, 3.63) is 35.9 Å². The third kappa shape index (κ3) is 4.06. The number of amides is 1. The van der Waals surface area contributed by atoms with Crippen LogP contribution in [0.3, 0.4) is 0 Å². The first-order valence-corrected chi connectivity index (χ1v) is 4.56. The minimum absolute atomic E-state index is 0.0769. The Morgan fingerprint density at radius 3 is 2.35 bits per heavy atom. The lowest BCUT2D eigenvalue weighted by Gasteiger charge is -2.16. The molecule has 0 saturated carbocycles. The highest BCUT2D eigenvalue weighted by Crippen LogP contribution is 2.06. The quantitative estimate of drug-likeness (QED) is 0.827. The fourth-order valence-corrected chi connectivity index (χ4v) is 1.01. The lowest BCUT2D eigenvalue weighted by Crippen LogP contribution is -2.36. The number of carbonyl (C=O) groups excluding carboxylic acids is 1. The molecule has 0 radical (unpaired) electrons. The van der Waals surface area contributed by atoms with Crippen LogP contribution in [-0.2, 0) is 4.84 Å². The Morgan fingerprint density at radius 2 is 1.88 bits per heavy atom. The summed E-state index contributed by atoms with van der Waals surface area (Å²) in [7, 11) is 0. The van der Waals surface area contributed by atoms with E-state index in [4.69, 9.17) is 5.11 Å². The minimum Gasteiger partial charge on any atom is -0.463 e. The Balaban J connectivity index is 2.68. The number of hydrogen-bond acceptors (Lipinski definition) is 3. The molecular formula is C10H9F2NO4. The molecule has 0 saturated heterocycles. The van der Waals surface area contributed by atoms with Gasteiger partial charge in [0.25, 0.3) is 6.43 Å². The highest BCUT2D eigenvalue weighted by atomic mass is 19.3. The molecule has 0 bridgehead atoms. The molecule has 1 aromatic rings. The maximum atomic E-state index is 12.0. The third-order valence-electron chi connectivity index (χ3n) is 1.72. The molecule has 1 rings (SSSR count). The van der Waals surface area contributed by atoms with Gasteiger partial charge in [0, 0.05) is 0 Å². The first-order valence-electron chi connectivity index (χ1n) is 4.56. The average Bonchev–Trinajstić information content (AvgIpc) is 2.28. The van der Waals surface area contributed by atoms with E-state index in [9.17, 15) is 18.4 Å². The Kier molecular flexibility index (Phi) is 4.38. The summed E-state index contributed by atoms with van der Waals surface area (Å²) in [6.45, 7) is -1.19. The fourth-order valence-electron chi connectivity index (χ4n) is 1.01. The van der Waals surface area contributed by atoms with E-state index in [1.807, 2.05) is 0 Å². The van der Waals surface area contributed by atoms with E-state index >= 15 is 0 Å². The number of hydrogen-bond donors (Lipinski definition) is 1. The summed E-state index contributed by atoms with van der Waals surface area (Å²) in [5.41, 5.74) is 0.0769. The number of alkyl halides is 2. The summed E-state index contributed by atoms with van der Waals surface area (Å²) >= 11 is 0. The van der Waals surface area contributed by atoms with E-state index < -0.39 is 25.0 Å². The van der Waals surface area contributed by atoms with Crippen LogP contribution in [0.2, 0.25) is 0 Å². The van der Waals surface area contributed by atoms with Crippen LogP contribution in [0.25, 0.3) is 0 Å². The van der Waals surface area contributed by atoms with E-state index in [-0.39, 0.29) is 10.6 Å². The predicted molar refractivity (Wildman–Crippen MR) is 52.6 cm³/mol. The molecule has 7 heteroatoms. The molecule has 5 nitrogen and oxygen atoms in total. The van der Waals surface area contributed by atoms with Crippen molar-refractivity contribution in [3.8, 4) is 0 Å². The van der Waals surface area contributed by atoms with Gasteiger partial charge >= 0.3 is 12.1 Å². The van der Waals surface area contributed by atoms with Crippen molar-refractivity contribution in [1.82, 2.24) is 5.06 Å². The van der Waals surface area contributed by atoms with Crippen LogP contribution in [0.4, 0.5) is 13.6 Å². The second-order valence-electron chi connectivity index (χ2n) is 2.98. The van der Waals surface area contributed by atoms with Gasteiger partial charge in [0.05, 0.1) is 5.56 Å². The van der Waals surface area contributed by atoms with Crippen molar-refractivity contribution < 1.29 is 28.3 Å². The molecule has 1 N–H and O–H groups in total. The van der Waals surface area contributed by atoms with E-state index in [2.05, 4.69) is 4.84 Å². The normalized spacial score (nSPS) is 10.1. The molecule has 0 aliphatic rings. The van der Waals surface area contributed by atoms with Gasteiger partial charge < -0.3 is 9.94 Å². The van der Waals surface area contributed by atoms with Crippen LogP contribution >= 0.6 is 0 Å². The Hall–Kier alpha value is -2.18. The van der Waals surface area contributed by atoms with Crippen LogP contribution in [0.5, 0.6) is 0 Å². The molecule has 0 aliphatic carbocycles. The molecule has 0 spiro atoms. The molecule has 1 amide bonds. The van der Waals surface area contributed by atoms with Gasteiger partial charge in [-0.1, -0.05) is 18.2 Å². The number of nitrogens with zero attached hydrogens (tertiary/aromatic N) is 1. The predicted octanol–water partition coefficient (Wildman–Crippen LogP) is 2.00. The number of rotatable bonds is 3. The van der Waals surface area contributed by atoms with E-state index in [0.717, 1.165) is 0 Å². The molecule has 92 valence electrons. The standard InChI is InChI=1S/C10H9F2NO4/c11-8(12)6-13(10(15)16)17-9(14)7-4-2-1-3-5-7/h1-5,8H,6H2,(H,15,16). The van der Waals surface area contributed by atoms with E-state index in [1.54, 1.807) is 6.07 Å². The van der Waals surface area contributed by atoms with Crippen LogP contribution in [0, 0.1) is 0 Å². The summed E-state index contributed by atoms with van der Waals surface area (Å²) < 4.78 is 24.0. The van der Waals surface area contributed by atoms with Crippen molar-refractivity contribution in [2.75, 3.05) is 6.54 Å². The summed E-state index contributed by atoms with van der Waals surface area (Å²) in [6.07, 6.45) is -4.68. The van der Waals surface area contributed by atoms with Crippen molar-refractivity contribution >= 4 is 12.1 Å². The van der Waals surface area contributed by atoms with Gasteiger partial charge in [0.2, 0.25) is 0 Å². The van der Waals surface area contributed by atoms with Crippen LogP contribution < -0.4 is 0 Å². The Labute approximate surface area is 95.2 Å². The molecule has 0 fully saturated rings. The Bertz CT molecular complexity index is 397. The van der Waals surface area contributed by atoms with Gasteiger partial charge in [0.15, 0.2) is 0 Å². The molecule has 0 unspecified atom stereocenters. The second-order valence-corrected chi connectivity index (χ2v) is 2.98. The smallest absolute Gasteiger partial charge is 0.441 e. The lowest BCUT2D eigenvalue weighted by atomic mass is 10.2. The van der Waals surface area contributed by atoms with Crippen molar-refractivity contribution in [1.29, 1.82) is 0 Å². The van der Waals surface area contributed by atoms with Gasteiger partial charge in [-0.15, -0.1) is 5.06 Å². The third-order valence-corrected chi connectivity index (χ3v) is 1.72. The number of halogens is 2. The average molecular weight is 245 g/mol. The molecule has 1 aromatic carbocycles. The number of hydroxylamine groups is 2. The van der Waals surface area contributed by atoms with E-state index in [1.165, 1.54) is 24.3 Å². The molecular weight excluding hydrogens is 236 g/mol. The van der Waals surface area contributed by atoms with Gasteiger partial charge in [0.1, 0.15) is 6.54 Å². The largest absolute Gasteiger partial charge is 0.463 e. The molecule has 0 atom stereocenters. The van der Waals surface area contributed by atoms with E-state index in [0.29, 0.717) is 0 Å². The lowest BCUT2D eigenvalue weighted by molar-refractivity contribution is -0.108. The molecule has 0 aromatic heterocycles. The first kappa shape index (κ1) is 12.9. The zero-order chi connectivity index (χ0) is 12.8. The molecule has 17 heavy (non-hydrogen) atoms. The van der Waals surface area contributed by atoms with Crippen molar-refractivity contribution in [2.45, 2.75) is 6.43 Å². The monoisotopic (exact) mass is 245 g/mol. The zero-order valence-corrected chi connectivity index (χ0v) is 8.55. The number of carbonyl (C=O) groups is 2. The molecule has 0 aliphatic heterocycles. The maximum Gasteiger partial charge on any atom is 0.441 e. The molecule has 0 heterocycles. The van der Waals surface area contributed by atoms with Crippen LogP contribution in [0.15, 0.2) is 30.3 Å². The number of carboxylic acid groups (broad SMARTS) is 1. The maximum absolute atomic E-state index is 12.0. The highest BCUT2D eigenvalue weighted by molar-refractivity contribution is 5.89. The van der Waals surface area contributed by atoms with Gasteiger partial charge in [-0.05, 0) is 12.1 Å². The number of benzene rings is 1. The van der Waals surface area contributed by atoms with Crippen LogP contribution in [-0.4, -0.2) is 35.2 Å². The summed E-state index contributed by atoms with van der Waals surface area (Å²) in [5, 5.41) is 8.44. The van der Waals surface area contributed by atoms with Crippen LogP contribution in [0.1, 0.15) is 10.4 Å². The zero-order valence-electron chi connectivity index (χ0n) is 8.55. The topological polar surface area (TPSA) is 66.8 Å². The second kappa shape index (κ2) is 5.78. The summed E-state index contributed by atoms with van der Waals surface area (Å²) in [4.78, 5) is 26.2. The van der Waals surface area contributed by atoms with Gasteiger partial charge in [-0.2, -0.15) is 0 Å². The van der Waals surface area contributed by atoms with Gasteiger partial charge in [-0.25, -0.2) is 18.4 Å². The Morgan fingerprint density at radius 1 is 1.29 bits per heavy atom. The SMILES string of the molecule is O=C(ON(CC(F)F)C(=O)O)c1ccccc1.